The van der Waals surface area contributed by atoms with Gasteiger partial charge in [-0.05, 0) is 55.8 Å². The number of hydrogen-bond acceptors (Lipinski definition) is 6. The lowest BCUT2D eigenvalue weighted by Gasteiger charge is -2.32. The minimum atomic E-state index is -4.29. The minimum Gasteiger partial charge on any atom is -0.497 e. The maximum Gasteiger partial charge on any atom is 0.264 e. The third kappa shape index (κ3) is 6.85. The fourth-order valence-electron chi connectivity index (χ4n) is 3.92. The molecule has 0 bridgehead atoms. The van der Waals surface area contributed by atoms with Crippen LogP contribution in [0.1, 0.15) is 18.1 Å². The van der Waals surface area contributed by atoms with E-state index < -0.39 is 40.2 Å². The Morgan fingerprint density at radius 3 is 2.18 bits per heavy atom. The van der Waals surface area contributed by atoms with Gasteiger partial charge in [-0.1, -0.05) is 29.8 Å². The summed E-state index contributed by atoms with van der Waals surface area (Å²) in [5.74, 6) is -1.00. The largest absolute Gasteiger partial charge is 0.497 e. The summed E-state index contributed by atoms with van der Waals surface area (Å²) in [6, 6.07) is 15.4. The number of rotatable bonds is 11. The fraction of sp³-hybridized carbons (Fsp3) is 0.286. The molecule has 3 aromatic carbocycles. The van der Waals surface area contributed by atoms with Gasteiger partial charge in [0.15, 0.2) is 0 Å². The van der Waals surface area contributed by atoms with Gasteiger partial charge in [0.2, 0.25) is 11.8 Å². The Hall–Kier alpha value is -4.12. The van der Waals surface area contributed by atoms with E-state index in [0.717, 1.165) is 9.87 Å². The normalized spacial score (nSPS) is 11.8. The predicted molar refractivity (Wildman–Crippen MR) is 146 cm³/mol. The fourth-order valence-corrected chi connectivity index (χ4v) is 5.34. The Morgan fingerprint density at radius 2 is 1.62 bits per heavy atom. The lowest BCUT2D eigenvalue weighted by atomic mass is 10.1. The van der Waals surface area contributed by atoms with Crippen LogP contribution in [0.5, 0.6) is 11.5 Å². The number of halogens is 1. The van der Waals surface area contributed by atoms with Gasteiger partial charge in [-0.3, -0.25) is 13.9 Å². The maximum absolute atomic E-state index is 14.0. The van der Waals surface area contributed by atoms with Gasteiger partial charge in [0.05, 0.1) is 24.8 Å². The van der Waals surface area contributed by atoms with E-state index in [0.29, 0.717) is 11.3 Å². The molecule has 0 aliphatic rings. The van der Waals surface area contributed by atoms with Gasteiger partial charge < -0.3 is 19.7 Å². The van der Waals surface area contributed by atoms with Crippen molar-refractivity contribution in [2.75, 3.05) is 32.1 Å². The van der Waals surface area contributed by atoms with Crippen molar-refractivity contribution in [2.24, 2.45) is 0 Å². The number of amides is 2. The summed E-state index contributed by atoms with van der Waals surface area (Å²) in [4.78, 5) is 27.6. The first-order valence-corrected chi connectivity index (χ1v) is 13.5. The first kappa shape index (κ1) is 29.4. The van der Waals surface area contributed by atoms with Crippen molar-refractivity contribution in [3.63, 3.8) is 0 Å². The van der Waals surface area contributed by atoms with Crippen LogP contribution in [0.25, 0.3) is 0 Å². The molecule has 0 heterocycles. The molecular weight excluding hydrogens is 525 g/mol. The molecule has 0 fully saturated rings. The number of carbonyl (C=O) groups is 2. The van der Waals surface area contributed by atoms with Crippen molar-refractivity contribution in [2.45, 2.75) is 31.3 Å². The quantitative estimate of drug-likeness (QED) is 0.387. The molecule has 0 spiro atoms. The van der Waals surface area contributed by atoms with E-state index in [1.165, 1.54) is 75.6 Å². The number of carbonyl (C=O) groups excluding carboxylic acids is 2. The molecule has 0 saturated heterocycles. The summed E-state index contributed by atoms with van der Waals surface area (Å²) in [5.41, 5.74) is 1.51. The summed E-state index contributed by atoms with van der Waals surface area (Å²) in [7, 11) is -0.0250. The first-order valence-electron chi connectivity index (χ1n) is 12.1. The van der Waals surface area contributed by atoms with E-state index in [1.807, 2.05) is 6.92 Å². The second kappa shape index (κ2) is 12.6. The van der Waals surface area contributed by atoms with Crippen molar-refractivity contribution >= 4 is 27.5 Å². The number of benzene rings is 3. The van der Waals surface area contributed by atoms with E-state index in [9.17, 15) is 22.4 Å². The van der Waals surface area contributed by atoms with Crippen LogP contribution in [0.4, 0.5) is 10.1 Å². The molecule has 2 amide bonds. The minimum absolute atomic E-state index is 0.0322. The molecule has 39 heavy (non-hydrogen) atoms. The molecular formula is C28H32FN3O6S. The average Bonchev–Trinajstić information content (AvgIpc) is 2.94. The van der Waals surface area contributed by atoms with Crippen LogP contribution in [-0.2, 0) is 26.2 Å². The van der Waals surface area contributed by atoms with E-state index in [2.05, 4.69) is 5.32 Å². The van der Waals surface area contributed by atoms with Crippen LogP contribution in [0, 0.1) is 12.7 Å². The van der Waals surface area contributed by atoms with Gasteiger partial charge in [0, 0.05) is 19.7 Å². The van der Waals surface area contributed by atoms with Crippen molar-refractivity contribution in [3.05, 3.63) is 83.7 Å². The Bertz CT molecular complexity index is 1410. The van der Waals surface area contributed by atoms with E-state index in [4.69, 9.17) is 9.47 Å². The summed E-state index contributed by atoms with van der Waals surface area (Å²) < 4.78 is 53.1. The zero-order valence-electron chi connectivity index (χ0n) is 22.5. The predicted octanol–water partition coefficient (Wildman–Crippen LogP) is 3.51. The van der Waals surface area contributed by atoms with Crippen LogP contribution in [0.3, 0.4) is 0 Å². The summed E-state index contributed by atoms with van der Waals surface area (Å²) in [5, 5.41) is 2.51. The van der Waals surface area contributed by atoms with E-state index in [-0.39, 0.29) is 22.9 Å². The smallest absolute Gasteiger partial charge is 0.264 e. The number of anilines is 1. The van der Waals surface area contributed by atoms with E-state index in [1.54, 1.807) is 24.3 Å². The topological polar surface area (TPSA) is 105 Å². The second-order valence-corrected chi connectivity index (χ2v) is 10.7. The zero-order valence-corrected chi connectivity index (χ0v) is 23.3. The summed E-state index contributed by atoms with van der Waals surface area (Å²) in [6.07, 6.45) is 0. The molecule has 1 N–H and O–H groups in total. The molecule has 3 rings (SSSR count). The van der Waals surface area contributed by atoms with Crippen LogP contribution in [0.15, 0.2) is 71.6 Å². The lowest BCUT2D eigenvalue weighted by Crippen LogP contribution is -2.50. The zero-order chi connectivity index (χ0) is 28.7. The van der Waals surface area contributed by atoms with Gasteiger partial charge in [-0.25, -0.2) is 12.8 Å². The Labute approximate surface area is 228 Å². The molecule has 0 aliphatic carbocycles. The Morgan fingerprint density at radius 1 is 0.974 bits per heavy atom. The Kier molecular flexibility index (Phi) is 9.52. The number of nitrogens with zero attached hydrogens (tertiary/aromatic N) is 2. The van der Waals surface area contributed by atoms with Gasteiger partial charge in [0.1, 0.15) is 29.9 Å². The molecule has 1 unspecified atom stereocenters. The summed E-state index contributed by atoms with van der Waals surface area (Å²) in [6.45, 7) is 2.66. The monoisotopic (exact) mass is 557 g/mol. The number of likely N-dealkylation sites (N-methyl/N-ethyl adjacent to an activating group) is 1. The van der Waals surface area contributed by atoms with Crippen LogP contribution in [-0.4, -0.2) is 59.0 Å². The second-order valence-electron chi connectivity index (χ2n) is 8.80. The average molecular weight is 558 g/mol. The molecule has 0 aromatic heterocycles. The third-order valence-electron chi connectivity index (χ3n) is 6.22. The number of sulfonamides is 1. The van der Waals surface area contributed by atoms with Gasteiger partial charge in [-0.15, -0.1) is 0 Å². The number of hydrogen-bond donors (Lipinski definition) is 1. The standard InChI is InChI=1S/C28H32FN3O6S/c1-19-6-13-24(14-7-19)39(35,36)32(25-16-23(37-4)12-15-26(25)38-5)18-27(33)31(20(2)28(34)30-3)17-21-8-10-22(29)11-9-21/h6-16,20H,17-18H2,1-5H3,(H,30,34). The van der Waals surface area contributed by atoms with Crippen LogP contribution >= 0.6 is 0 Å². The van der Waals surface area contributed by atoms with Crippen molar-refractivity contribution in [1.29, 1.82) is 0 Å². The lowest BCUT2D eigenvalue weighted by molar-refractivity contribution is -0.139. The molecule has 0 radical (unpaired) electrons. The summed E-state index contributed by atoms with van der Waals surface area (Å²) >= 11 is 0. The molecule has 0 aliphatic heterocycles. The molecule has 208 valence electrons. The molecule has 3 aromatic rings. The number of nitrogens with one attached hydrogen (secondary N) is 1. The van der Waals surface area contributed by atoms with Crippen LogP contribution in [0.2, 0.25) is 0 Å². The van der Waals surface area contributed by atoms with Gasteiger partial charge in [0.25, 0.3) is 10.0 Å². The third-order valence-corrected chi connectivity index (χ3v) is 8.00. The highest BCUT2D eigenvalue weighted by molar-refractivity contribution is 7.92. The number of aryl methyl sites for hydroxylation is 1. The Balaban J connectivity index is 2.12. The highest BCUT2D eigenvalue weighted by Crippen LogP contribution is 2.36. The molecule has 11 heteroatoms. The van der Waals surface area contributed by atoms with Crippen molar-refractivity contribution in [3.8, 4) is 11.5 Å². The molecule has 1 atom stereocenters. The van der Waals surface area contributed by atoms with Gasteiger partial charge >= 0.3 is 0 Å². The highest BCUT2D eigenvalue weighted by atomic mass is 32.2. The molecule has 9 nitrogen and oxygen atoms in total. The number of ether oxygens (including phenoxy) is 2. The maximum atomic E-state index is 14.0. The first-order chi connectivity index (χ1) is 18.5. The number of methoxy groups -OCH3 is 2. The van der Waals surface area contributed by atoms with Crippen LogP contribution < -0.4 is 19.1 Å². The van der Waals surface area contributed by atoms with Crippen molar-refractivity contribution < 1.29 is 31.9 Å². The SMILES string of the molecule is CNC(=O)C(C)N(Cc1ccc(F)cc1)C(=O)CN(c1cc(OC)ccc1OC)S(=O)(=O)c1ccc(C)cc1. The van der Waals surface area contributed by atoms with Crippen molar-refractivity contribution in [1.82, 2.24) is 10.2 Å². The van der Waals surface area contributed by atoms with Gasteiger partial charge in [-0.2, -0.15) is 0 Å². The molecule has 0 saturated carbocycles. The highest BCUT2D eigenvalue weighted by Gasteiger charge is 2.34. The van der Waals surface area contributed by atoms with E-state index >= 15 is 0 Å².